The van der Waals surface area contributed by atoms with Gasteiger partial charge in [-0.2, -0.15) is 0 Å². The lowest BCUT2D eigenvalue weighted by atomic mass is 10.4. The number of benzene rings is 1. The van der Waals surface area contributed by atoms with Crippen LogP contribution in [0.3, 0.4) is 0 Å². The van der Waals surface area contributed by atoms with Crippen LogP contribution in [0.2, 0.25) is 0 Å². The normalized spacial score (nSPS) is 15.9. The molecular weight excluding hydrogens is 239 g/mol. The highest BCUT2D eigenvalue weighted by Gasteiger charge is 2.13. The number of rotatable bonds is 3. The fourth-order valence-electron chi connectivity index (χ4n) is 1.61. The average molecular weight is 254 g/mol. The number of morpholine rings is 1. The molecule has 1 saturated heterocycles. The second-order valence-corrected chi connectivity index (χ2v) is 4.84. The van der Waals surface area contributed by atoms with Gasteiger partial charge < -0.3 is 9.64 Å². The van der Waals surface area contributed by atoms with Gasteiger partial charge in [0.2, 0.25) is 0 Å². The molecule has 0 unspecified atom stereocenters. The van der Waals surface area contributed by atoms with Gasteiger partial charge in [0.25, 0.3) is 0 Å². The maximum Gasteiger partial charge on any atom is 0.123 e. The molecule has 1 aliphatic rings. The van der Waals surface area contributed by atoms with Gasteiger partial charge >= 0.3 is 0 Å². The molecule has 0 radical (unpaired) electrons. The first-order chi connectivity index (χ1) is 8.25. The van der Waals surface area contributed by atoms with Gasteiger partial charge in [-0.1, -0.05) is 0 Å². The molecule has 2 rings (SSSR count). The zero-order chi connectivity index (χ0) is 12.1. The molecule has 1 fully saturated rings. The van der Waals surface area contributed by atoms with E-state index in [9.17, 15) is 4.39 Å². The highest BCUT2D eigenvalue weighted by Crippen LogP contribution is 2.18. The van der Waals surface area contributed by atoms with Gasteiger partial charge in [-0.15, -0.1) is 11.8 Å². The van der Waals surface area contributed by atoms with Crippen molar-refractivity contribution in [2.75, 3.05) is 32.1 Å². The molecule has 5 heteroatoms. The number of amidine groups is 1. The van der Waals surface area contributed by atoms with Gasteiger partial charge in [0.05, 0.1) is 19.0 Å². The molecular formula is C12H15FN2OS. The highest BCUT2D eigenvalue weighted by molar-refractivity contribution is 8.00. The van der Waals surface area contributed by atoms with Gasteiger partial charge in [-0.25, -0.2) is 4.39 Å². The minimum atomic E-state index is -0.224. The number of nitrogens with one attached hydrogen (secondary N) is 1. The van der Waals surface area contributed by atoms with Crippen LogP contribution in [-0.2, 0) is 4.74 Å². The maximum atomic E-state index is 12.7. The lowest BCUT2D eigenvalue weighted by Crippen LogP contribution is -2.41. The average Bonchev–Trinajstić information content (AvgIpc) is 2.39. The third-order valence-electron chi connectivity index (χ3n) is 2.58. The summed E-state index contributed by atoms with van der Waals surface area (Å²) >= 11 is 1.56. The number of nitrogens with zero attached hydrogens (tertiary/aromatic N) is 1. The second kappa shape index (κ2) is 6.02. The molecule has 0 aromatic heterocycles. The van der Waals surface area contributed by atoms with Crippen LogP contribution in [0.5, 0.6) is 0 Å². The van der Waals surface area contributed by atoms with E-state index < -0.39 is 0 Å². The van der Waals surface area contributed by atoms with Crippen LogP contribution in [0.25, 0.3) is 0 Å². The van der Waals surface area contributed by atoms with E-state index in [-0.39, 0.29) is 5.82 Å². The first-order valence-electron chi connectivity index (χ1n) is 5.54. The number of thioether (sulfide) groups is 1. The predicted octanol–water partition coefficient (Wildman–Crippen LogP) is 2.23. The Kier molecular flexibility index (Phi) is 4.39. The number of hydrogen-bond donors (Lipinski definition) is 1. The number of hydrogen-bond acceptors (Lipinski definition) is 3. The molecule has 1 aromatic rings. The monoisotopic (exact) mass is 254 g/mol. The molecule has 0 aliphatic carbocycles. The first-order valence-corrected chi connectivity index (χ1v) is 6.53. The molecule has 1 aromatic carbocycles. The first kappa shape index (κ1) is 12.4. The fraction of sp³-hybridized carbons (Fsp3) is 0.417. The summed E-state index contributed by atoms with van der Waals surface area (Å²) in [5, 5.41) is 7.95. The Morgan fingerprint density at radius 2 is 1.94 bits per heavy atom. The summed E-state index contributed by atoms with van der Waals surface area (Å²) in [7, 11) is 0. The maximum absolute atomic E-state index is 12.7. The molecule has 0 amide bonds. The lowest BCUT2D eigenvalue weighted by Gasteiger charge is -2.28. The van der Waals surface area contributed by atoms with Crippen LogP contribution in [0.15, 0.2) is 29.2 Å². The van der Waals surface area contributed by atoms with E-state index in [1.807, 2.05) is 4.90 Å². The Morgan fingerprint density at radius 1 is 1.29 bits per heavy atom. The zero-order valence-corrected chi connectivity index (χ0v) is 10.3. The van der Waals surface area contributed by atoms with Crippen LogP contribution in [0.4, 0.5) is 4.39 Å². The molecule has 1 aliphatic heterocycles. The highest BCUT2D eigenvalue weighted by atomic mass is 32.2. The third kappa shape index (κ3) is 3.71. The smallest absolute Gasteiger partial charge is 0.123 e. The van der Waals surface area contributed by atoms with Gasteiger partial charge in [-0.05, 0) is 24.3 Å². The largest absolute Gasteiger partial charge is 0.378 e. The van der Waals surface area contributed by atoms with Crippen molar-refractivity contribution in [3.63, 3.8) is 0 Å². The van der Waals surface area contributed by atoms with Crippen molar-refractivity contribution in [3.8, 4) is 0 Å². The summed E-state index contributed by atoms with van der Waals surface area (Å²) < 4.78 is 17.9. The SMILES string of the molecule is N=C(CSc1ccc(F)cc1)N1CCOCC1. The molecule has 0 saturated carbocycles. The zero-order valence-electron chi connectivity index (χ0n) is 9.49. The third-order valence-corrected chi connectivity index (χ3v) is 3.61. The van der Waals surface area contributed by atoms with Crippen molar-refractivity contribution in [1.29, 1.82) is 5.41 Å². The summed E-state index contributed by atoms with van der Waals surface area (Å²) in [6.07, 6.45) is 0. The predicted molar refractivity (Wildman–Crippen MR) is 67.2 cm³/mol. The molecule has 0 atom stereocenters. The van der Waals surface area contributed by atoms with Crippen molar-refractivity contribution in [3.05, 3.63) is 30.1 Å². The van der Waals surface area contributed by atoms with Crippen LogP contribution in [0.1, 0.15) is 0 Å². The summed E-state index contributed by atoms with van der Waals surface area (Å²) in [4.78, 5) is 3.02. The standard InChI is InChI=1S/C12H15FN2OS/c13-10-1-3-11(4-2-10)17-9-12(14)15-5-7-16-8-6-15/h1-4,14H,5-9H2. The van der Waals surface area contributed by atoms with Crippen molar-refractivity contribution in [1.82, 2.24) is 4.90 Å². The van der Waals surface area contributed by atoms with Crippen molar-refractivity contribution < 1.29 is 9.13 Å². The van der Waals surface area contributed by atoms with Crippen molar-refractivity contribution in [2.24, 2.45) is 0 Å². The minimum absolute atomic E-state index is 0.224. The molecule has 3 nitrogen and oxygen atoms in total. The molecule has 1 N–H and O–H groups in total. The van der Waals surface area contributed by atoms with Gasteiger partial charge in [0.15, 0.2) is 0 Å². The van der Waals surface area contributed by atoms with E-state index in [1.54, 1.807) is 23.9 Å². The lowest BCUT2D eigenvalue weighted by molar-refractivity contribution is 0.0676. The van der Waals surface area contributed by atoms with Gasteiger partial charge in [0, 0.05) is 18.0 Å². The summed E-state index contributed by atoms with van der Waals surface area (Å²) in [6, 6.07) is 6.38. The Labute approximate surface area is 104 Å². The molecule has 0 bridgehead atoms. The molecule has 92 valence electrons. The molecule has 17 heavy (non-hydrogen) atoms. The van der Waals surface area contributed by atoms with Gasteiger partial charge in [-0.3, -0.25) is 5.41 Å². The second-order valence-electron chi connectivity index (χ2n) is 3.79. The van der Waals surface area contributed by atoms with Crippen LogP contribution in [-0.4, -0.2) is 42.8 Å². The van der Waals surface area contributed by atoms with Crippen LogP contribution < -0.4 is 0 Å². The van der Waals surface area contributed by atoms with Crippen molar-refractivity contribution in [2.45, 2.75) is 4.90 Å². The van der Waals surface area contributed by atoms with Gasteiger partial charge in [0.1, 0.15) is 11.7 Å². The Balaban J connectivity index is 1.81. The minimum Gasteiger partial charge on any atom is -0.378 e. The van der Waals surface area contributed by atoms with Crippen LogP contribution in [0, 0.1) is 11.2 Å². The van der Waals surface area contributed by atoms with Crippen LogP contribution >= 0.6 is 11.8 Å². The van der Waals surface area contributed by atoms with E-state index in [0.717, 1.165) is 18.0 Å². The Morgan fingerprint density at radius 3 is 2.59 bits per heavy atom. The summed E-state index contributed by atoms with van der Waals surface area (Å²) in [5.41, 5.74) is 0. The summed E-state index contributed by atoms with van der Waals surface area (Å²) in [5.74, 6) is 1.01. The quantitative estimate of drug-likeness (QED) is 0.510. The topological polar surface area (TPSA) is 36.3 Å². The van der Waals surface area contributed by atoms with E-state index in [0.29, 0.717) is 24.8 Å². The Bertz CT molecular complexity index is 377. The van der Waals surface area contributed by atoms with E-state index >= 15 is 0 Å². The number of ether oxygens (including phenoxy) is 1. The van der Waals surface area contributed by atoms with E-state index in [1.165, 1.54) is 12.1 Å². The van der Waals surface area contributed by atoms with E-state index in [4.69, 9.17) is 10.1 Å². The van der Waals surface area contributed by atoms with Crippen molar-refractivity contribution >= 4 is 17.6 Å². The molecule has 0 spiro atoms. The molecule has 1 heterocycles. The summed E-state index contributed by atoms with van der Waals surface area (Å²) in [6.45, 7) is 2.98. The number of halogens is 1. The van der Waals surface area contributed by atoms with E-state index in [2.05, 4.69) is 0 Å². The fourth-order valence-corrected chi connectivity index (χ4v) is 2.42. The Hall–Kier alpha value is -1.07.